The van der Waals surface area contributed by atoms with Crippen LogP contribution in [0.2, 0.25) is 0 Å². The summed E-state index contributed by atoms with van der Waals surface area (Å²) in [6.07, 6.45) is -4.75. The van der Waals surface area contributed by atoms with Crippen molar-refractivity contribution in [2.75, 3.05) is 10.6 Å². The minimum atomic E-state index is -4.75. The summed E-state index contributed by atoms with van der Waals surface area (Å²) in [5, 5.41) is 13.7. The van der Waals surface area contributed by atoms with Gasteiger partial charge < -0.3 is 15.4 Å². The molecule has 32 heavy (non-hydrogen) atoms. The first-order valence-electron chi connectivity index (χ1n) is 9.14. The van der Waals surface area contributed by atoms with E-state index in [9.17, 15) is 22.8 Å². The van der Waals surface area contributed by atoms with Crippen molar-refractivity contribution in [2.24, 2.45) is 0 Å². The number of carbonyl (C=O) groups excluding carboxylic acids is 2. The van der Waals surface area contributed by atoms with Crippen molar-refractivity contribution in [3.63, 3.8) is 0 Å². The maximum atomic E-state index is 12.4. The lowest BCUT2D eigenvalue weighted by atomic mass is 10.1. The quantitative estimate of drug-likeness (QED) is 0.323. The molecule has 0 saturated heterocycles. The van der Waals surface area contributed by atoms with Crippen molar-refractivity contribution in [3.05, 3.63) is 54.1 Å². The Morgan fingerprint density at radius 2 is 1.66 bits per heavy atom. The number of alkyl halides is 3. The highest BCUT2D eigenvalue weighted by Gasteiger charge is 2.31. The van der Waals surface area contributed by atoms with Crippen molar-refractivity contribution < 1.29 is 27.5 Å². The van der Waals surface area contributed by atoms with E-state index in [1.54, 1.807) is 31.2 Å². The lowest BCUT2D eigenvalue weighted by Gasteiger charge is -2.10. The number of ether oxygens (including phenoxy) is 1. The summed E-state index contributed by atoms with van der Waals surface area (Å²) in [4.78, 5) is 23.7. The van der Waals surface area contributed by atoms with Crippen LogP contribution >= 0.6 is 23.1 Å². The molecule has 1 atom stereocenters. The van der Waals surface area contributed by atoms with Crippen LogP contribution in [-0.4, -0.2) is 33.5 Å². The summed E-state index contributed by atoms with van der Waals surface area (Å²) in [6.45, 7) is 3.19. The van der Waals surface area contributed by atoms with E-state index < -0.39 is 11.6 Å². The van der Waals surface area contributed by atoms with E-state index in [1.165, 1.54) is 54.3 Å². The molecule has 0 aliphatic carbocycles. The van der Waals surface area contributed by atoms with E-state index >= 15 is 0 Å². The van der Waals surface area contributed by atoms with Gasteiger partial charge in [-0.1, -0.05) is 23.1 Å². The number of thioether (sulfide) groups is 1. The van der Waals surface area contributed by atoms with Crippen LogP contribution in [0.3, 0.4) is 0 Å². The van der Waals surface area contributed by atoms with E-state index in [2.05, 4.69) is 25.6 Å². The van der Waals surface area contributed by atoms with Gasteiger partial charge in [0.05, 0.1) is 5.25 Å². The van der Waals surface area contributed by atoms with E-state index in [0.717, 1.165) is 0 Å². The minimum absolute atomic E-state index is 0.0573. The second-order valence-electron chi connectivity index (χ2n) is 6.45. The van der Waals surface area contributed by atoms with Gasteiger partial charge in [0.2, 0.25) is 11.0 Å². The third-order valence-electron chi connectivity index (χ3n) is 3.95. The lowest BCUT2D eigenvalue weighted by Crippen LogP contribution is -2.22. The summed E-state index contributed by atoms with van der Waals surface area (Å²) < 4.78 is 41.0. The van der Waals surface area contributed by atoms with Gasteiger partial charge >= 0.3 is 6.36 Å². The normalized spacial score (nSPS) is 12.2. The Hall–Kier alpha value is -3.12. The summed E-state index contributed by atoms with van der Waals surface area (Å²) in [7, 11) is 0. The molecule has 3 aromatic rings. The van der Waals surface area contributed by atoms with Gasteiger partial charge in [0, 0.05) is 16.9 Å². The molecule has 0 fully saturated rings. The number of carbonyl (C=O) groups is 2. The van der Waals surface area contributed by atoms with Gasteiger partial charge in [-0.3, -0.25) is 9.59 Å². The fourth-order valence-corrected chi connectivity index (χ4v) is 4.32. The van der Waals surface area contributed by atoms with Crippen LogP contribution in [0.5, 0.6) is 5.75 Å². The third kappa shape index (κ3) is 6.95. The van der Waals surface area contributed by atoms with Crippen LogP contribution in [0.15, 0.2) is 52.9 Å². The molecule has 0 radical (unpaired) electrons. The van der Waals surface area contributed by atoms with Gasteiger partial charge in [-0.05, 0) is 62.4 Å². The molecule has 12 heteroatoms. The van der Waals surface area contributed by atoms with Gasteiger partial charge in [-0.15, -0.1) is 23.4 Å². The second-order valence-corrected chi connectivity index (χ2v) is 9.02. The van der Waals surface area contributed by atoms with Gasteiger partial charge in [0.1, 0.15) is 5.75 Å². The van der Waals surface area contributed by atoms with Crippen LogP contribution in [-0.2, 0) is 4.79 Å². The lowest BCUT2D eigenvalue weighted by molar-refractivity contribution is -0.274. The highest BCUT2D eigenvalue weighted by molar-refractivity contribution is 8.02. The van der Waals surface area contributed by atoms with Gasteiger partial charge in [-0.25, -0.2) is 0 Å². The third-order valence-corrected chi connectivity index (χ3v) is 5.97. The minimum Gasteiger partial charge on any atom is -0.406 e. The average molecular weight is 483 g/mol. The summed E-state index contributed by atoms with van der Waals surface area (Å²) in [5.74, 6) is -0.624. The van der Waals surface area contributed by atoms with E-state index in [0.29, 0.717) is 26.4 Å². The number of nitrogens with one attached hydrogen (secondary N) is 2. The Balaban J connectivity index is 1.53. The van der Waals surface area contributed by atoms with Gasteiger partial charge in [0.25, 0.3) is 0 Å². The van der Waals surface area contributed by atoms with Crippen molar-refractivity contribution in [1.82, 2.24) is 10.2 Å². The smallest absolute Gasteiger partial charge is 0.406 e. The van der Waals surface area contributed by atoms with Crippen LogP contribution in [0.4, 0.5) is 29.7 Å². The Morgan fingerprint density at radius 1 is 1.03 bits per heavy atom. The zero-order chi connectivity index (χ0) is 23.3. The number of rotatable bonds is 8. The molecule has 0 spiro atoms. The van der Waals surface area contributed by atoms with Crippen LogP contribution in [0.1, 0.15) is 24.2 Å². The maximum absolute atomic E-state index is 12.4. The average Bonchev–Trinajstić information content (AvgIpc) is 3.15. The molecule has 1 unspecified atom stereocenters. The molecule has 0 aliphatic heterocycles. The summed E-state index contributed by atoms with van der Waals surface area (Å²) in [6, 6.07) is 11.8. The number of ketones is 1. The monoisotopic (exact) mass is 482 g/mol. The molecule has 1 amide bonds. The first-order valence-corrected chi connectivity index (χ1v) is 10.8. The Bertz CT molecular complexity index is 1090. The zero-order valence-electron chi connectivity index (χ0n) is 16.8. The Kier molecular flexibility index (Phi) is 7.36. The van der Waals surface area contributed by atoms with Crippen LogP contribution in [0.25, 0.3) is 0 Å². The standard InChI is InChI=1S/C20H17F3N4O3S2/c1-11(28)13-3-5-14(6-4-13)24-17(29)12(2)31-19-27-26-18(32-19)25-15-7-9-16(10-8-15)30-20(21,22)23/h3-10,12H,1-2H3,(H,24,29)(H,25,26). The number of nitrogens with zero attached hydrogens (tertiary/aromatic N) is 2. The first-order chi connectivity index (χ1) is 15.1. The molecule has 0 bridgehead atoms. The molecular weight excluding hydrogens is 465 g/mol. The van der Waals surface area contributed by atoms with Crippen molar-refractivity contribution >= 4 is 51.3 Å². The number of hydrogen-bond donors (Lipinski definition) is 2. The predicted octanol–water partition coefficient (Wildman–Crippen LogP) is 5.50. The molecule has 1 aromatic heterocycles. The zero-order valence-corrected chi connectivity index (χ0v) is 18.4. The number of aromatic nitrogens is 2. The van der Waals surface area contributed by atoms with Crippen LogP contribution < -0.4 is 15.4 Å². The molecule has 2 aromatic carbocycles. The van der Waals surface area contributed by atoms with E-state index in [4.69, 9.17) is 0 Å². The van der Waals surface area contributed by atoms with E-state index in [1.807, 2.05) is 0 Å². The fourth-order valence-electron chi connectivity index (χ4n) is 2.41. The Labute approximate surface area is 189 Å². The second kappa shape index (κ2) is 10.0. The summed E-state index contributed by atoms with van der Waals surface area (Å²) >= 11 is 2.41. The highest BCUT2D eigenvalue weighted by Crippen LogP contribution is 2.31. The van der Waals surface area contributed by atoms with Crippen molar-refractivity contribution in [2.45, 2.75) is 29.8 Å². The molecule has 1 heterocycles. The number of amides is 1. The largest absolute Gasteiger partial charge is 0.573 e. The first kappa shape index (κ1) is 23.5. The maximum Gasteiger partial charge on any atom is 0.573 e. The fraction of sp³-hybridized carbons (Fsp3) is 0.200. The number of benzene rings is 2. The van der Waals surface area contributed by atoms with Gasteiger partial charge in [0.15, 0.2) is 10.1 Å². The molecule has 7 nitrogen and oxygen atoms in total. The number of Topliss-reactive ketones (excluding diaryl/α,β-unsaturated/α-hetero) is 1. The molecular formula is C20H17F3N4O3S2. The molecule has 3 rings (SSSR count). The molecule has 2 N–H and O–H groups in total. The highest BCUT2D eigenvalue weighted by atomic mass is 32.2. The van der Waals surface area contributed by atoms with Crippen LogP contribution in [0, 0.1) is 0 Å². The van der Waals surface area contributed by atoms with Crippen molar-refractivity contribution in [3.8, 4) is 5.75 Å². The number of halogens is 3. The predicted molar refractivity (Wildman–Crippen MR) is 117 cm³/mol. The van der Waals surface area contributed by atoms with Crippen molar-refractivity contribution in [1.29, 1.82) is 0 Å². The number of hydrogen-bond acceptors (Lipinski definition) is 8. The molecule has 168 valence electrons. The topological polar surface area (TPSA) is 93.2 Å². The molecule has 0 saturated carbocycles. The van der Waals surface area contributed by atoms with E-state index in [-0.39, 0.29) is 17.4 Å². The Morgan fingerprint density at radius 3 is 2.25 bits per heavy atom. The summed E-state index contributed by atoms with van der Waals surface area (Å²) in [5.41, 5.74) is 1.64. The van der Waals surface area contributed by atoms with Gasteiger partial charge in [-0.2, -0.15) is 0 Å². The number of anilines is 3. The molecule has 0 aliphatic rings. The SMILES string of the molecule is CC(=O)c1ccc(NC(=O)C(C)Sc2nnc(Nc3ccc(OC(F)(F)F)cc3)s2)cc1.